The predicted molar refractivity (Wildman–Crippen MR) is 124 cm³/mol. The number of nitrogens with zero attached hydrogens (tertiary/aromatic N) is 1. The predicted octanol–water partition coefficient (Wildman–Crippen LogP) is 3.40. The molecule has 166 valence electrons. The summed E-state index contributed by atoms with van der Waals surface area (Å²) in [4.78, 5) is 36.4. The van der Waals surface area contributed by atoms with Gasteiger partial charge in [-0.1, -0.05) is 35.5 Å². The first-order chi connectivity index (χ1) is 15.3. The molecular formula is C22H20N2O6S2. The molecule has 0 aromatic heterocycles. The summed E-state index contributed by atoms with van der Waals surface area (Å²) in [7, 11) is 0. The molecule has 1 fully saturated rings. The zero-order chi connectivity index (χ0) is 23.3. The number of hydrogen-bond donors (Lipinski definition) is 2. The number of carbonyl (C=O) groups excluding carboxylic acids is 2. The van der Waals surface area contributed by atoms with Gasteiger partial charge in [-0.05, 0) is 62.0 Å². The summed E-state index contributed by atoms with van der Waals surface area (Å²) in [6, 6.07) is 11.8. The van der Waals surface area contributed by atoms with E-state index in [0.29, 0.717) is 28.4 Å². The van der Waals surface area contributed by atoms with E-state index in [0.717, 1.165) is 22.3 Å². The van der Waals surface area contributed by atoms with Gasteiger partial charge in [-0.15, -0.1) is 0 Å². The molecule has 2 amide bonds. The molecule has 0 bridgehead atoms. The SMILES string of the molecule is CCOc1cc(/C=C2/SC(=S)N(NC(=O)c3ccc(C)cc3)C2=O)ccc1OCC(=O)O. The second kappa shape index (κ2) is 10.3. The first kappa shape index (κ1) is 23.3. The van der Waals surface area contributed by atoms with Crippen molar-refractivity contribution in [1.29, 1.82) is 0 Å². The maximum atomic E-state index is 12.8. The molecule has 0 saturated carbocycles. The summed E-state index contributed by atoms with van der Waals surface area (Å²) in [5.74, 6) is -1.37. The smallest absolute Gasteiger partial charge is 0.341 e. The highest BCUT2D eigenvalue weighted by atomic mass is 32.2. The van der Waals surface area contributed by atoms with E-state index in [9.17, 15) is 14.4 Å². The van der Waals surface area contributed by atoms with Crippen LogP contribution in [0.25, 0.3) is 6.08 Å². The van der Waals surface area contributed by atoms with Crippen LogP contribution in [0, 0.1) is 6.92 Å². The van der Waals surface area contributed by atoms with Crippen LogP contribution in [0.4, 0.5) is 0 Å². The number of ether oxygens (including phenoxy) is 2. The Morgan fingerprint density at radius 2 is 1.88 bits per heavy atom. The van der Waals surface area contributed by atoms with E-state index in [-0.39, 0.29) is 10.1 Å². The van der Waals surface area contributed by atoms with E-state index in [1.54, 1.807) is 55.5 Å². The fourth-order valence-electron chi connectivity index (χ4n) is 2.73. The maximum Gasteiger partial charge on any atom is 0.341 e. The third kappa shape index (κ3) is 5.65. The van der Waals surface area contributed by atoms with Crippen LogP contribution in [0.2, 0.25) is 0 Å². The lowest BCUT2D eigenvalue weighted by Crippen LogP contribution is -2.44. The van der Waals surface area contributed by atoms with Gasteiger partial charge in [-0.2, -0.15) is 5.01 Å². The quantitative estimate of drug-likeness (QED) is 0.445. The standard InChI is InChI=1S/C22H20N2O6S2/c1-3-29-17-10-14(6-9-16(17)30-12-19(25)26)11-18-21(28)24(22(31)32-18)23-20(27)15-7-4-13(2)5-8-15/h4-11H,3,12H2,1-2H3,(H,23,27)(H,25,26)/b18-11+. The molecule has 0 unspecified atom stereocenters. The van der Waals surface area contributed by atoms with Crippen LogP contribution >= 0.6 is 24.0 Å². The Morgan fingerprint density at radius 1 is 1.16 bits per heavy atom. The molecule has 1 saturated heterocycles. The lowest BCUT2D eigenvalue weighted by Gasteiger charge is -2.15. The first-order valence-electron chi connectivity index (χ1n) is 9.55. The minimum absolute atomic E-state index is 0.202. The lowest BCUT2D eigenvalue weighted by molar-refractivity contribution is -0.139. The molecule has 2 aromatic rings. The molecule has 0 spiro atoms. The van der Waals surface area contributed by atoms with Crippen LogP contribution in [0.3, 0.4) is 0 Å². The van der Waals surface area contributed by atoms with E-state index in [1.807, 2.05) is 6.92 Å². The highest BCUT2D eigenvalue weighted by molar-refractivity contribution is 8.26. The fraction of sp³-hybridized carbons (Fsp3) is 0.182. The first-order valence-corrected chi connectivity index (χ1v) is 10.8. The molecule has 2 aromatic carbocycles. The van der Waals surface area contributed by atoms with Gasteiger partial charge in [-0.3, -0.25) is 15.0 Å². The van der Waals surface area contributed by atoms with E-state index in [2.05, 4.69) is 5.43 Å². The number of nitrogens with one attached hydrogen (secondary N) is 1. The van der Waals surface area contributed by atoms with E-state index in [1.165, 1.54) is 0 Å². The van der Waals surface area contributed by atoms with Crippen molar-refractivity contribution < 1.29 is 29.0 Å². The number of thioether (sulfide) groups is 1. The molecule has 1 aliphatic heterocycles. The fourth-order valence-corrected chi connectivity index (χ4v) is 3.91. The average Bonchev–Trinajstić information content (AvgIpc) is 3.01. The van der Waals surface area contributed by atoms with Crippen LogP contribution in [-0.4, -0.2) is 45.4 Å². The van der Waals surface area contributed by atoms with Gasteiger partial charge in [0.15, 0.2) is 22.4 Å². The van der Waals surface area contributed by atoms with Gasteiger partial charge < -0.3 is 14.6 Å². The Kier molecular flexibility index (Phi) is 7.49. The molecule has 1 aliphatic rings. The number of rotatable bonds is 8. The number of aliphatic carboxylic acids is 1. The number of carbonyl (C=O) groups is 3. The van der Waals surface area contributed by atoms with Crippen molar-refractivity contribution >= 4 is 52.2 Å². The molecule has 0 radical (unpaired) electrons. The van der Waals surface area contributed by atoms with Gasteiger partial charge in [-0.25, -0.2) is 4.79 Å². The molecule has 2 N–H and O–H groups in total. The Labute approximate surface area is 194 Å². The van der Waals surface area contributed by atoms with E-state index >= 15 is 0 Å². The minimum Gasteiger partial charge on any atom is -0.490 e. The van der Waals surface area contributed by atoms with Gasteiger partial charge in [0.2, 0.25) is 0 Å². The van der Waals surface area contributed by atoms with Crippen LogP contribution in [-0.2, 0) is 9.59 Å². The Balaban J connectivity index is 1.77. The van der Waals surface area contributed by atoms with Crippen molar-refractivity contribution in [3.63, 3.8) is 0 Å². The highest BCUT2D eigenvalue weighted by Crippen LogP contribution is 2.34. The minimum atomic E-state index is -1.10. The number of aryl methyl sites for hydroxylation is 1. The summed E-state index contributed by atoms with van der Waals surface area (Å²) in [6.07, 6.45) is 1.61. The van der Waals surface area contributed by atoms with Crippen LogP contribution in [0.5, 0.6) is 11.5 Å². The molecular weight excluding hydrogens is 452 g/mol. The molecule has 32 heavy (non-hydrogen) atoms. The number of carboxylic acids is 1. The van der Waals surface area contributed by atoms with E-state index in [4.69, 9.17) is 26.8 Å². The molecule has 0 atom stereocenters. The molecule has 10 heteroatoms. The van der Waals surface area contributed by atoms with Crippen molar-refractivity contribution in [2.75, 3.05) is 13.2 Å². The maximum absolute atomic E-state index is 12.8. The lowest BCUT2D eigenvalue weighted by atomic mass is 10.1. The summed E-state index contributed by atoms with van der Waals surface area (Å²) in [5.41, 5.74) is 4.59. The highest BCUT2D eigenvalue weighted by Gasteiger charge is 2.33. The Morgan fingerprint density at radius 3 is 2.53 bits per heavy atom. The van der Waals surface area contributed by atoms with Crippen LogP contribution < -0.4 is 14.9 Å². The largest absolute Gasteiger partial charge is 0.490 e. The van der Waals surface area contributed by atoms with Gasteiger partial charge in [0.1, 0.15) is 0 Å². The van der Waals surface area contributed by atoms with Crippen molar-refractivity contribution in [2.45, 2.75) is 13.8 Å². The summed E-state index contributed by atoms with van der Waals surface area (Å²) in [6.45, 7) is 3.55. The van der Waals surface area contributed by atoms with Gasteiger partial charge in [0.05, 0.1) is 11.5 Å². The summed E-state index contributed by atoms with van der Waals surface area (Å²) < 4.78 is 11.0. The van der Waals surface area contributed by atoms with Crippen LogP contribution in [0.15, 0.2) is 47.4 Å². The monoisotopic (exact) mass is 472 g/mol. The number of carboxylic acid groups (broad SMARTS) is 1. The third-order valence-corrected chi connectivity index (χ3v) is 5.54. The Hall–Kier alpha value is -3.37. The topological polar surface area (TPSA) is 105 Å². The van der Waals surface area contributed by atoms with Crippen molar-refractivity contribution in [1.82, 2.24) is 10.4 Å². The average molecular weight is 473 g/mol. The van der Waals surface area contributed by atoms with Gasteiger partial charge in [0, 0.05) is 5.56 Å². The van der Waals surface area contributed by atoms with Crippen LogP contribution in [0.1, 0.15) is 28.4 Å². The summed E-state index contributed by atoms with van der Waals surface area (Å²) in [5, 5.41) is 9.85. The molecule has 1 heterocycles. The Bertz CT molecular complexity index is 1100. The van der Waals surface area contributed by atoms with Gasteiger partial charge in [0.25, 0.3) is 11.8 Å². The molecule has 8 nitrogen and oxygen atoms in total. The van der Waals surface area contributed by atoms with Gasteiger partial charge >= 0.3 is 5.97 Å². The number of thiocarbonyl (C=S) groups is 1. The van der Waals surface area contributed by atoms with Crippen molar-refractivity contribution in [3.8, 4) is 11.5 Å². The second-order valence-corrected chi connectivity index (χ2v) is 8.32. The number of amides is 2. The third-order valence-electron chi connectivity index (χ3n) is 4.24. The number of hydrazine groups is 1. The number of hydrogen-bond acceptors (Lipinski definition) is 7. The van der Waals surface area contributed by atoms with Crippen molar-refractivity contribution in [3.05, 3.63) is 64.1 Å². The summed E-state index contributed by atoms with van der Waals surface area (Å²) >= 11 is 6.32. The molecule has 0 aliphatic carbocycles. The van der Waals surface area contributed by atoms with E-state index < -0.39 is 24.4 Å². The normalized spacial score (nSPS) is 14.6. The second-order valence-electron chi connectivity index (χ2n) is 6.65. The zero-order valence-corrected chi connectivity index (χ0v) is 18.9. The number of benzene rings is 2. The van der Waals surface area contributed by atoms with Crippen molar-refractivity contribution in [2.24, 2.45) is 0 Å². The molecule has 3 rings (SSSR count). The zero-order valence-electron chi connectivity index (χ0n) is 17.3.